The van der Waals surface area contributed by atoms with Gasteiger partial charge in [0, 0.05) is 27.2 Å². The van der Waals surface area contributed by atoms with Gasteiger partial charge in [-0.2, -0.15) is 0 Å². The van der Waals surface area contributed by atoms with Crippen LogP contribution < -0.4 is 0 Å². The highest BCUT2D eigenvalue weighted by Crippen LogP contribution is 2.00. The Bertz CT molecular complexity index is 256. The van der Waals surface area contributed by atoms with E-state index < -0.39 is 11.9 Å². The zero-order valence-electron chi connectivity index (χ0n) is 13.2. The molecule has 0 aromatic carbocycles. The van der Waals surface area contributed by atoms with Crippen LogP contribution in [-0.2, 0) is 19.3 Å². The van der Waals surface area contributed by atoms with Crippen LogP contribution in [0.2, 0.25) is 0 Å². The summed E-state index contributed by atoms with van der Waals surface area (Å²) in [6.07, 6.45) is 6.15. The van der Waals surface area contributed by atoms with Crippen LogP contribution in [0.4, 0.5) is 0 Å². The molecule has 0 aromatic rings. The first-order valence-corrected chi connectivity index (χ1v) is 7.37. The number of unbranched alkanes of at least 4 members (excludes halogenated alkanes) is 4. The van der Waals surface area contributed by atoms with E-state index in [1.165, 1.54) is 10.1 Å². The molecule has 0 saturated heterocycles. The molecular weight excluding hydrogens is 260 g/mol. The van der Waals surface area contributed by atoms with E-state index in [0.717, 1.165) is 38.5 Å². The van der Waals surface area contributed by atoms with Gasteiger partial charge in [-0.3, -0.25) is 0 Å². The third-order valence-electron chi connectivity index (χ3n) is 2.80. The third kappa shape index (κ3) is 9.75. The van der Waals surface area contributed by atoms with Crippen LogP contribution in [0.1, 0.15) is 52.4 Å². The fourth-order valence-corrected chi connectivity index (χ4v) is 1.62. The van der Waals surface area contributed by atoms with Crippen molar-refractivity contribution in [3.63, 3.8) is 0 Å². The standard InChI is InChI=1S/C14H28N2O4/c1-5-7-9-11-15(3)19-13(17)14(18)20-16(4)12-10-8-6-2/h5-12H2,1-4H3. The van der Waals surface area contributed by atoms with Gasteiger partial charge in [-0.15, -0.1) is 10.1 Å². The SMILES string of the molecule is CCCCCN(C)OC(=O)C(=O)ON(C)CCCCC. The van der Waals surface area contributed by atoms with Crippen LogP contribution in [0, 0.1) is 0 Å². The lowest BCUT2D eigenvalue weighted by Crippen LogP contribution is -2.34. The molecule has 0 unspecified atom stereocenters. The van der Waals surface area contributed by atoms with Crippen LogP contribution in [0.5, 0.6) is 0 Å². The molecule has 0 aliphatic rings. The van der Waals surface area contributed by atoms with Gasteiger partial charge in [-0.25, -0.2) is 9.59 Å². The number of rotatable bonds is 10. The molecule has 0 aliphatic carbocycles. The number of carbonyl (C=O) groups excluding carboxylic acids is 2. The van der Waals surface area contributed by atoms with E-state index >= 15 is 0 Å². The maximum absolute atomic E-state index is 11.5. The molecule has 0 aromatic heterocycles. The van der Waals surface area contributed by atoms with Gasteiger partial charge < -0.3 is 9.68 Å². The Kier molecular flexibility index (Phi) is 11.0. The molecule has 6 heteroatoms. The van der Waals surface area contributed by atoms with E-state index in [9.17, 15) is 9.59 Å². The molecule has 0 rings (SSSR count). The van der Waals surface area contributed by atoms with Crippen molar-refractivity contribution >= 4 is 11.9 Å². The zero-order chi connectivity index (χ0) is 15.4. The smallest absolute Gasteiger partial charge is 0.359 e. The van der Waals surface area contributed by atoms with Crippen molar-refractivity contribution in [1.82, 2.24) is 10.1 Å². The van der Waals surface area contributed by atoms with Crippen LogP contribution >= 0.6 is 0 Å². The average Bonchev–Trinajstić information content (AvgIpc) is 2.39. The van der Waals surface area contributed by atoms with E-state index in [2.05, 4.69) is 13.8 Å². The van der Waals surface area contributed by atoms with Crippen LogP contribution in [0.3, 0.4) is 0 Å². The molecule has 0 aliphatic heterocycles. The summed E-state index contributed by atoms with van der Waals surface area (Å²) < 4.78 is 0. The van der Waals surface area contributed by atoms with E-state index in [1.54, 1.807) is 14.1 Å². The molecule has 0 saturated carbocycles. The number of nitrogens with zero attached hydrogens (tertiary/aromatic N) is 2. The van der Waals surface area contributed by atoms with Crippen molar-refractivity contribution < 1.29 is 19.3 Å². The first-order valence-electron chi connectivity index (χ1n) is 7.37. The number of hydroxylamine groups is 4. The Hall–Kier alpha value is -1.14. The lowest BCUT2D eigenvalue weighted by molar-refractivity contribution is -0.212. The zero-order valence-corrected chi connectivity index (χ0v) is 13.2. The lowest BCUT2D eigenvalue weighted by atomic mass is 10.2. The molecule has 118 valence electrons. The number of carbonyl (C=O) groups is 2. The van der Waals surface area contributed by atoms with Gasteiger partial charge in [-0.1, -0.05) is 39.5 Å². The minimum atomic E-state index is -0.980. The molecule has 20 heavy (non-hydrogen) atoms. The summed E-state index contributed by atoms with van der Waals surface area (Å²) in [7, 11) is 3.26. The number of hydrogen-bond donors (Lipinski definition) is 0. The second-order valence-corrected chi connectivity index (χ2v) is 4.87. The van der Waals surface area contributed by atoms with Gasteiger partial charge >= 0.3 is 11.9 Å². The number of hydrogen-bond acceptors (Lipinski definition) is 6. The van der Waals surface area contributed by atoms with E-state index in [1.807, 2.05) is 0 Å². The first-order chi connectivity index (χ1) is 9.51. The van der Waals surface area contributed by atoms with Gasteiger partial charge in [0.2, 0.25) is 0 Å². The predicted octanol–water partition coefficient (Wildman–Crippen LogP) is 2.15. The fraction of sp³-hybridized carbons (Fsp3) is 0.857. The Morgan fingerprint density at radius 1 is 0.750 bits per heavy atom. The molecule has 0 N–H and O–H groups in total. The largest absolute Gasteiger partial charge is 0.438 e. The van der Waals surface area contributed by atoms with Crippen molar-refractivity contribution in [2.24, 2.45) is 0 Å². The monoisotopic (exact) mass is 288 g/mol. The molecule has 0 heterocycles. The second-order valence-electron chi connectivity index (χ2n) is 4.87. The highest BCUT2D eigenvalue weighted by Gasteiger charge is 2.22. The van der Waals surface area contributed by atoms with Crippen molar-refractivity contribution in [2.75, 3.05) is 27.2 Å². The predicted molar refractivity (Wildman–Crippen MR) is 76.5 cm³/mol. The third-order valence-corrected chi connectivity index (χ3v) is 2.80. The topological polar surface area (TPSA) is 59.1 Å². The molecule has 0 fully saturated rings. The van der Waals surface area contributed by atoms with E-state index in [0.29, 0.717) is 13.1 Å². The maximum Gasteiger partial charge on any atom is 0.438 e. The molecule has 0 bridgehead atoms. The van der Waals surface area contributed by atoms with Gasteiger partial charge in [-0.05, 0) is 12.8 Å². The maximum atomic E-state index is 11.5. The van der Waals surface area contributed by atoms with Crippen LogP contribution in [0.15, 0.2) is 0 Å². The average molecular weight is 288 g/mol. The quantitative estimate of drug-likeness (QED) is 0.349. The van der Waals surface area contributed by atoms with Gasteiger partial charge in [0.25, 0.3) is 0 Å². The molecular formula is C14H28N2O4. The van der Waals surface area contributed by atoms with Gasteiger partial charge in [0.1, 0.15) is 0 Å². The van der Waals surface area contributed by atoms with Crippen molar-refractivity contribution in [2.45, 2.75) is 52.4 Å². The Labute approximate surface area is 121 Å². The summed E-state index contributed by atoms with van der Waals surface area (Å²) in [5.41, 5.74) is 0. The molecule has 0 radical (unpaired) electrons. The minimum Gasteiger partial charge on any atom is -0.359 e. The summed E-state index contributed by atoms with van der Waals surface area (Å²) in [6.45, 7) is 5.41. The summed E-state index contributed by atoms with van der Waals surface area (Å²) >= 11 is 0. The van der Waals surface area contributed by atoms with E-state index in [4.69, 9.17) is 9.68 Å². The van der Waals surface area contributed by atoms with Crippen molar-refractivity contribution in [3.8, 4) is 0 Å². The minimum absolute atomic E-state index is 0.610. The summed E-state index contributed by atoms with van der Waals surface area (Å²) in [5, 5.41) is 2.74. The summed E-state index contributed by atoms with van der Waals surface area (Å²) in [6, 6.07) is 0. The summed E-state index contributed by atoms with van der Waals surface area (Å²) in [4.78, 5) is 32.7. The van der Waals surface area contributed by atoms with E-state index in [-0.39, 0.29) is 0 Å². The molecule has 0 atom stereocenters. The van der Waals surface area contributed by atoms with Crippen LogP contribution in [0.25, 0.3) is 0 Å². The highest BCUT2D eigenvalue weighted by molar-refractivity contribution is 6.29. The van der Waals surface area contributed by atoms with Gasteiger partial charge in [0.15, 0.2) is 0 Å². The molecule has 0 spiro atoms. The lowest BCUT2D eigenvalue weighted by Gasteiger charge is -2.17. The van der Waals surface area contributed by atoms with Crippen molar-refractivity contribution in [3.05, 3.63) is 0 Å². The second kappa shape index (κ2) is 11.7. The van der Waals surface area contributed by atoms with Crippen molar-refractivity contribution in [1.29, 1.82) is 0 Å². The molecule has 6 nitrogen and oxygen atoms in total. The highest BCUT2D eigenvalue weighted by atomic mass is 16.8. The Morgan fingerprint density at radius 2 is 1.10 bits per heavy atom. The summed E-state index contributed by atoms with van der Waals surface area (Å²) in [5.74, 6) is -1.96. The van der Waals surface area contributed by atoms with Crippen LogP contribution in [-0.4, -0.2) is 49.2 Å². The fourth-order valence-electron chi connectivity index (χ4n) is 1.62. The van der Waals surface area contributed by atoms with Gasteiger partial charge in [0.05, 0.1) is 0 Å². The Balaban J connectivity index is 3.87. The molecule has 0 amide bonds. The first kappa shape index (κ1) is 18.9. The normalized spacial score (nSPS) is 10.9. The Morgan fingerprint density at radius 3 is 1.40 bits per heavy atom.